The molecule has 122 valence electrons. The van der Waals surface area contributed by atoms with Crippen LogP contribution in [0, 0.1) is 5.41 Å². The van der Waals surface area contributed by atoms with E-state index in [9.17, 15) is 4.79 Å². The summed E-state index contributed by atoms with van der Waals surface area (Å²) in [6.45, 7) is 2.47. The fourth-order valence-electron chi connectivity index (χ4n) is 4.22. The van der Waals surface area contributed by atoms with Crippen LogP contribution >= 0.6 is 0 Å². The van der Waals surface area contributed by atoms with Gasteiger partial charge in [-0.3, -0.25) is 9.69 Å². The summed E-state index contributed by atoms with van der Waals surface area (Å²) in [4.78, 5) is 13.1. The van der Waals surface area contributed by atoms with Crippen molar-refractivity contribution in [3.8, 4) is 0 Å². The molecule has 1 aliphatic heterocycles. The minimum atomic E-state index is 0.152. The second kappa shape index (κ2) is 6.32. The molecule has 0 amide bonds. The number of rotatable bonds is 5. The Hall–Kier alpha value is -1.49. The molecule has 1 heterocycles. The van der Waals surface area contributed by atoms with Gasteiger partial charge in [-0.15, -0.1) is 0 Å². The highest BCUT2D eigenvalue weighted by molar-refractivity contribution is 5.72. The van der Waals surface area contributed by atoms with Gasteiger partial charge in [0.2, 0.25) is 0 Å². The zero-order valence-electron chi connectivity index (χ0n) is 13.2. The van der Waals surface area contributed by atoms with Crippen molar-refractivity contribution in [2.45, 2.75) is 57.1 Å². The first-order valence-corrected chi connectivity index (χ1v) is 8.39. The Balaban J connectivity index is 1.39. The molecular weight excluding hydrogens is 278 g/mol. The Bertz CT molecular complexity index is 466. The molecule has 22 heavy (non-hydrogen) atoms. The molecule has 0 radical (unpaired) electrons. The predicted molar refractivity (Wildman–Crippen MR) is 85.6 cm³/mol. The summed E-state index contributed by atoms with van der Waals surface area (Å²) >= 11 is 0. The maximum Gasteiger partial charge on any atom is 0.184 e. The van der Waals surface area contributed by atoms with Gasteiger partial charge in [-0.25, -0.2) is 0 Å². The van der Waals surface area contributed by atoms with E-state index in [0.717, 1.165) is 18.9 Å². The summed E-state index contributed by atoms with van der Waals surface area (Å²) in [7, 11) is 0. The molecule has 3 fully saturated rings. The number of allylic oxidation sites excluding steroid dienone is 3. The first kappa shape index (κ1) is 15.4. The summed E-state index contributed by atoms with van der Waals surface area (Å²) in [5.41, 5.74) is 11.8. The van der Waals surface area contributed by atoms with Gasteiger partial charge < -0.3 is 16.2 Å². The van der Waals surface area contributed by atoms with Crippen molar-refractivity contribution in [1.82, 2.24) is 4.90 Å². The van der Waals surface area contributed by atoms with Crippen LogP contribution in [0.2, 0.25) is 0 Å². The van der Waals surface area contributed by atoms with Gasteiger partial charge in [0.15, 0.2) is 12.2 Å². The minimum absolute atomic E-state index is 0.152. The van der Waals surface area contributed by atoms with E-state index in [4.69, 9.17) is 16.2 Å². The van der Waals surface area contributed by atoms with Gasteiger partial charge in [-0.05, 0) is 37.8 Å². The third kappa shape index (κ3) is 3.29. The highest BCUT2D eigenvalue weighted by Crippen LogP contribution is 2.51. The molecular formula is C17H27N3O2. The van der Waals surface area contributed by atoms with Crippen LogP contribution in [0.5, 0.6) is 0 Å². The fraction of sp³-hybridized carbons (Fsp3) is 0.706. The molecule has 0 aromatic rings. The molecule has 1 spiro atoms. The van der Waals surface area contributed by atoms with E-state index in [0.29, 0.717) is 17.6 Å². The van der Waals surface area contributed by atoms with Crippen LogP contribution in [-0.4, -0.2) is 36.4 Å². The third-order valence-corrected chi connectivity index (χ3v) is 5.37. The first-order chi connectivity index (χ1) is 10.6. The Morgan fingerprint density at radius 2 is 1.77 bits per heavy atom. The topological polar surface area (TPSA) is 81.6 Å². The molecule has 5 nitrogen and oxygen atoms in total. The molecule has 0 unspecified atom stereocenters. The number of ether oxygens (including phenoxy) is 1. The summed E-state index contributed by atoms with van der Waals surface area (Å²) in [6, 6.07) is 0.834. The zero-order chi connectivity index (χ0) is 15.6. The van der Waals surface area contributed by atoms with Gasteiger partial charge in [0.1, 0.15) is 6.10 Å². The molecule has 2 saturated carbocycles. The van der Waals surface area contributed by atoms with Crippen LogP contribution in [0.25, 0.3) is 0 Å². The van der Waals surface area contributed by atoms with Gasteiger partial charge in [-0.2, -0.15) is 0 Å². The van der Waals surface area contributed by atoms with Crippen molar-refractivity contribution in [2.75, 3.05) is 13.1 Å². The quantitative estimate of drug-likeness (QED) is 0.349. The maximum absolute atomic E-state index is 10.4. The number of hydrogen-bond donors (Lipinski definition) is 2. The van der Waals surface area contributed by atoms with Gasteiger partial charge in [0.05, 0.1) is 5.70 Å². The Kier molecular flexibility index (Phi) is 4.43. The van der Waals surface area contributed by atoms with Gasteiger partial charge in [0.25, 0.3) is 0 Å². The smallest absolute Gasteiger partial charge is 0.184 e. The second-order valence-electron chi connectivity index (χ2n) is 7.20. The lowest BCUT2D eigenvalue weighted by Crippen LogP contribution is -2.66. The number of carbonyl (C=O) groups excluding carboxylic acids is 1. The molecule has 0 bridgehead atoms. The summed E-state index contributed by atoms with van der Waals surface area (Å²) in [5.74, 6) is 0.341. The summed E-state index contributed by atoms with van der Waals surface area (Å²) < 4.78 is 5.70. The van der Waals surface area contributed by atoms with Crippen LogP contribution in [0.4, 0.5) is 0 Å². The molecule has 5 heteroatoms. The molecule has 1 saturated heterocycles. The largest absolute Gasteiger partial charge is 0.476 e. The number of nitrogens with two attached hydrogens (primary N) is 2. The SMILES string of the molecule is N/C(C=O)=C\C=C(/N)OC1CC2(C1)CN(C1CCCCC1)C2. The van der Waals surface area contributed by atoms with Crippen LogP contribution in [0.1, 0.15) is 44.9 Å². The van der Waals surface area contributed by atoms with Crippen molar-refractivity contribution in [3.63, 3.8) is 0 Å². The number of likely N-dealkylation sites (tertiary alicyclic amines) is 1. The highest BCUT2D eigenvalue weighted by atomic mass is 16.5. The zero-order valence-corrected chi connectivity index (χ0v) is 13.2. The number of hydrogen-bond acceptors (Lipinski definition) is 5. The van der Waals surface area contributed by atoms with Gasteiger partial charge in [0, 0.05) is 24.5 Å². The molecule has 4 N–H and O–H groups in total. The van der Waals surface area contributed by atoms with E-state index >= 15 is 0 Å². The Labute approximate surface area is 132 Å². The summed E-state index contributed by atoms with van der Waals surface area (Å²) in [5, 5.41) is 0. The highest BCUT2D eigenvalue weighted by Gasteiger charge is 2.54. The standard InChI is InChI=1S/C17H27N3O2/c18-13(10-21)6-7-16(19)22-15-8-17(9-15)11-20(12-17)14-4-2-1-3-5-14/h6-7,10,14-15H,1-5,8-9,11-12,18-19H2/b13-6-,16-7+. The molecule has 0 atom stereocenters. The van der Waals surface area contributed by atoms with Crippen molar-refractivity contribution in [2.24, 2.45) is 16.9 Å². The Morgan fingerprint density at radius 3 is 2.41 bits per heavy atom. The number of nitrogens with zero attached hydrogens (tertiary/aromatic N) is 1. The van der Waals surface area contributed by atoms with Gasteiger partial charge >= 0.3 is 0 Å². The van der Waals surface area contributed by atoms with Crippen molar-refractivity contribution < 1.29 is 9.53 Å². The Morgan fingerprint density at radius 1 is 1.09 bits per heavy atom. The van der Waals surface area contributed by atoms with E-state index in [1.165, 1.54) is 51.3 Å². The van der Waals surface area contributed by atoms with Crippen molar-refractivity contribution >= 4 is 6.29 Å². The average molecular weight is 305 g/mol. The van der Waals surface area contributed by atoms with Crippen LogP contribution in [-0.2, 0) is 9.53 Å². The maximum atomic E-state index is 10.4. The molecule has 3 aliphatic rings. The van der Waals surface area contributed by atoms with Crippen LogP contribution < -0.4 is 11.5 Å². The molecule has 3 rings (SSSR count). The van der Waals surface area contributed by atoms with Crippen LogP contribution in [0.15, 0.2) is 23.7 Å². The van der Waals surface area contributed by atoms with E-state index in [2.05, 4.69) is 4.90 Å². The average Bonchev–Trinajstić information content (AvgIpc) is 2.46. The fourth-order valence-corrected chi connectivity index (χ4v) is 4.22. The molecule has 2 aliphatic carbocycles. The van der Waals surface area contributed by atoms with E-state index in [1.807, 2.05) is 0 Å². The lowest BCUT2D eigenvalue weighted by molar-refractivity contribution is -0.152. The van der Waals surface area contributed by atoms with Crippen LogP contribution in [0.3, 0.4) is 0 Å². The lowest BCUT2D eigenvalue weighted by Gasteiger charge is -2.61. The van der Waals surface area contributed by atoms with Gasteiger partial charge in [-0.1, -0.05) is 19.3 Å². The molecule has 0 aromatic heterocycles. The van der Waals surface area contributed by atoms with E-state index in [-0.39, 0.29) is 11.8 Å². The number of carbonyl (C=O) groups is 1. The normalized spacial score (nSPS) is 27.3. The van der Waals surface area contributed by atoms with Crippen molar-refractivity contribution in [3.05, 3.63) is 23.7 Å². The van der Waals surface area contributed by atoms with E-state index in [1.54, 1.807) is 6.08 Å². The predicted octanol–water partition coefficient (Wildman–Crippen LogP) is 1.64. The molecule has 0 aromatic carbocycles. The second-order valence-corrected chi connectivity index (χ2v) is 7.20. The van der Waals surface area contributed by atoms with Crippen molar-refractivity contribution in [1.29, 1.82) is 0 Å². The van der Waals surface area contributed by atoms with E-state index < -0.39 is 0 Å². The first-order valence-electron chi connectivity index (χ1n) is 8.39. The lowest BCUT2D eigenvalue weighted by atomic mass is 9.61. The monoisotopic (exact) mass is 305 g/mol. The number of aldehydes is 1. The summed E-state index contributed by atoms with van der Waals surface area (Å²) in [6.07, 6.45) is 13.0. The third-order valence-electron chi connectivity index (χ3n) is 5.37. The minimum Gasteiger partial charge on any atom is -0.476 e.